The minimum atomic E-state index is 0.196. The van der Waals surface area contributed by atoms with E-state index in [1.165, 1.54) is 43.2 Å². The molecule has 2 aliphatic carbocycles. The SMILES string of the molecule is CC(C)(CNC1CC1)COc1ccc2c(c1)CCC2. The molecule has 2 heteroatoms. The average molecular weight is 259 g/mol. The summed E-state index contributed by atoms with van der Waals surface area (Å²) >= 11 is 0. The molecule has 0 spiro atoms. The lowest BCUT2D eigenvalue weighted by Gasteiger charge is -2.25. The zero-order chi connectivity index (χ0) is 13.3. The van der Waals surface area contributed by atoms with Crippen LogP contribution in [0.25, 0.3) is 0 Å². The smallest absolute Gasteiger partial charge is 0.119 e. The molecule has 0 atom stereocenters. The molecule has 19 heavy (non-hydrogen) atoms. The van der Waals surface area contributed by atoms with Gasteiger partial charge in [-0.3, -0.25) is 0 Å². The molecule has 0 saturated heterocycles. The number of ether oxygens (including phenoxy) is 1. The Bertz CT molecular complexity index is 449. The second kappa shape index (κ2) is 5.16. The highest BCUT2D eigenvalue weighted by Crippen LogP contribution is 2.27. The van der Waals surface area contributed by atoms with E-state index in [2.05, 4.69) is 37.4 Å². The van der Waals surface area contributed by atoms with Gasteiger partial charge in [0.2, 0.25) is 0 Å². The van der Waals surface area contributed by atoms with Crippen LogP contribution in [0.1, 0.15) is 44.2 Å². The van der Waals surface area contributed by atoms with E-state index in [1.807, 2.05) is 0 Å². The van der Waals surface area contributed by atoms with E-state index < -0.39 is 0 Å². The number of benzene rings is 1. The molecule has 0 radical (unpaired) electrons. The molecule has 0 aliphatic heterocycles. The summed E-state index contributed by atoms with van der Waals surface area (Å²) < 4.78 is 6.01. The van der Waals surface area contributed by atoms with E-state index in [9.17, 15) is 0 Å². The van der Waals surface area contributed by atoms with Gasteiger partial charge in [0.1, 0.15) is 5.75 Å². The molecular weight excluding hydrogens is 234 g/mol. The van der Waals surface area contributed by atoms with Gasteiger partial charge in [0.05, 0.1) is 6.61 Å². The van der Waals surface area contributed by atoms with Crippen molar-refractivity contribution in [2.24, 2.45) is 5.41 Å². The van der Waals surface area contributed by atoms with Gasteiger partial charge in [-0.25, -0.2) is 0 Å². The summed E-state index contributed by atoms with van der Waals surface area (Å²) in [7, 11) is 0. The van der Waals surface area contributed by atoms with Gasteiger partial charge in [0, 0.05) is 18.0 Å². The third-order valence-corrected chi connectivity index (χ3v) is 4.15. The highest BCUT2D eigenvalue weighted by molar-refractivity contribution is 5.38. The zero-order valence-electron chi connectivity index (χ0n) is 12.2. The number of fused-ring (bicyclic) bond motifs is 1. The van der Waals surface area contributed by atoms with Gasteiger partial charge in [-0.2, -0.15) is 0 Å². The van der Waals surface area contributed by atoms with E-state index in [0.717, 1.165) is 24.9 Å². The van der Waals surface area contributed by atoms with Gasteiger partial charge in [-0.05, 0) is 55.4 Å². The Hall–Kier alpha value is -1.02. The van der Waals surface area contributed by atoms with Crippen molar-refractivity contribution < 1.29 is 4.74 Å². The summed E-state index contributed by atoms with van der Waals surface area (Å²) in [4.78, 5) is 0. The summed E-state index contributed by atoms with van der Waals surface area (Å²) in [6.45, 7) is 6.37. The van der Waals surface area contributed by atoms with Crippen LogP contribution in [-0.4, -0.2) is 19.2 Å². The fourth-order valence-corrected chi connectivity index (χ4v) is 2.68. The maximum Gasteiger partial charge on any atom is 0.119 e. The van der Waals surface area contributed by atoms with Gasteiger partial charge in [0.25, 0.3) is 0 Å². The number of nitrogens with one attached hydrogen (secondary N) is 1. The van der Waals surface area contributed by atoms with Gasteiger partial charge in [-0.1, -0.05) is 19.9 Å². The molecular formula is C17H25NO. The molecule has 0 unspecified atom stereocenters. The molecule has 0 amide bonds. The van der Waals surface area contributed by atoms with Crippen molar-refractivity contribution >= 4 is 0 Å². The summed E-state index contributed by atoms with van der Waals surface area (Å²) in [5, 5.41) is 3.59. The van der Waals surface area contributed by atoms with Gasteiger partial charge < -0.3 is 10.1 Å². The minimum absolute atomic E-state index is 0.196. The second-order valence-electron chi connectivity index (χ2n) is 6.89. The lowest BCUT2D eigenvalue weighted by Crippen LogP contribution is -2.35. The first kappa shape index (κ1) is 13.0. The van der Waals surface area contributed by atoms with Crippen molar-refractivity contribution in [1.29, 1.82) is 0 Å². The fraction of sp³-hybridized carbons (Fsp3) is 0.647. The Balaban J connectivity index is 1.52. The monoisotopic (exact) mass is 259 g/mol. The summed E-state index contributed by atoms with van der Waals surface area (Å²) in [5.41, 5.74) is 3.20. The molecule has 1 saturated carbocycles. The molecule has 1 aromatic carbocycles. The van der Waals surface area contributed by atoms with Crippen molar-refractivity contribution in [3.8, 4) is 5.75 Å². The average Bonchev–Trinajstić information content (AvgIpc) is 3.11. The number of aryl methyl sites for hydroxylation is 2. The van der Waals surface area contributed by atoms with Crippen LogP contribution in [0.2, 0.25) is 0 Å². The minimum Gasteiger partial charge on any atom is -0.493 e. The van der Waals surface area contributed by atoms with Crippen molar-refractivity contribution in [1.82, 2.24) is 5.32 Å². The van der Waals surface area contributed by atoms with E-state index in [4.69, 9.17) is 4.74 Å². The molecule has 1 aromatic rings. The first-order valence-electron chi connectivity index (χ1n) is 7.60. The highest BCUT2D eigenvalue weighted by Gasteiger charge is 2.25. The Kier molecular flexibility index (Phi) is 3.53. The molecule has 1 N–H and O–H groups in total. The molecule has 1 fully saturated rings. The van der Waals surface area contributed by atoms with Crippen LogP contribution < -0.4 is 10.1 Å². The van der Waals surface area contributed by atoms with Crippen LogP contribution in [-0.2, 0) is 12.8 Å². The maximum absolute atomic E-state index is 6.01. The highest BCUT2D eigenvalue weighted by atomic mass is 16.5. The van der Waals surface area contributed by atoms with Gasteiger partial charge in [0.15, 0.2) is 0 Å². The van der Waals surface area contributed by atoms with Gasteiger partial charge >= 0.3 is 0 Å². The van der Waals surface area contributed by atoms with Crippen molar-refractivity contribution in [2.75, 3.05) is 13.2 Å². The third-order valence-electron chi connectivity index (χ3n) is 4.15. The van der Waals surface area contributed by atoms with Crippen LogP contribution in [0, 0.1) is 5.41 Å². The van der Waals surface area contributed by atoms with Crippen LogP contribution in [0.3, 0.4) is 0 Å². The molecule has 0 aromatic heterocycles. The van der Waals surface area contributed by atoms with Crippen LogP contribution in [0.5, 0.6) is 5.75 Å². The second-order valence-corrected chi connectivity index (χ2v) is 6.89. The maximum atomic E-state index is 6.01. The van der Waals surface area contributed by atoms with Gasteiger partial charge in [-0.15, -0.1) is 0 Å². The number of hydrogen-bond acceptors (Lipinski definition) is 2. The topological polar surface area (TPSA) is 21.3 Å². The van der Waals surface area contributed by atoms with Crippen LogP contribution >= 0.6 is 0 Å². The molecule has 2 nitrogen and oxygen atoms in total. The van der Waals surface area contributed by atoms with Crippen LogP contribution in [0.15, 0.2) is 18.2 Å². The predicted molar refractivity (Wildman–Crippen MR) is 78.8 cm³/mol. The van der Waals surface area contributed by atoms with Crippen molar-refractivity contribution in [2.45, 2.75) is 52.0 Å². The first-order valence-corrected chi connectivity index (χ1v) is 7.60. The summed E-state index contributed by atoms with van der Waals surface area (Å²) in [6.07, 6.45) is 6.46. The standard InChI is InChI=1S/C17H25NO/c1-17(2,11-18-15-7-8-15)12-19-16-9-6-13-4-3-5-14(13)10-16/h6,9-10,15,18H,3-5,7-8,11-12H2,1-2H3. The largest absolute Gasteiger partial charge is 0.493 e. The number of hydrogen-bond donors (Lipinski definition) is 1. The Morgan fingerprint density at radius 1 is 1.21 bits per heavy atom. The van der Waals surface area contributed by atoms with Crippen LogP contribution in [0.4, 0.5) is 0 Å². The molecule has 0 bridgehead atoms. The van der Waals surface area contributed by atoms with E-state index in [0.29, 0.717) is 0 Å². The zero-order valence-corrected chi connectivity index (χ0v) is 12.2. The quantitative estimate of drug-likeness (QED) is 0.846. The molecule has 2 aliphatic rings. The van der Waals surface area contributed by atoms with Crippen molar-refractivity contribution in [3.63, 3.8) is 0 Å². The Morgan fingerprint density at radius 2 is 2.00 bits per heavy atom. The predicted octanol–water partition coefficient (Wildman–Crippen LogP) is 3.33. The normalized spacial score (nSPS) is 18.4. The summed E-state index contributed by atoms with van der Waals surface area (Å²) in [5.74, 6) is 1.04. The van der Waals surface area contributed by atoms with E-state index in [-0.39, 0.29) is 5.41 Å². The lowest BCUT2D eigenvalue weighted by molar-refractivity contribution is 0.176. The van der Waals surface area contributed by atoms with Crippen molar-refractivity contribution in [3.05, 3.63) is 29.3 Å². The Morgan fingerprint density at radius 3 is 2.79 bits per heavy atom. The molecule has 104 valence electrons. The first-order chi connectivity index (χ1) is 9.12. The molecule has 3 rings (SSSR count). The van der Waals surface area contributed by atoms with E-state index >= 15 is 0 Å². The molecule has 0 heterocycles. The third kappa shape index (κ3) is 3.50. The fourth-order valence-electron chi connectivity index (χ4n) is 2.68. The summed E-state index contributed by atoms with van der Waals surface area (Å²) in [6, 6.07) is 7.40. The van der Waals surface area contributed by atoms with E-state index in [1.54, 1.807) is 0 Å². The Labute approximate surface area is 116 Å². The lowest BCUT2D eigenvalue weighted by atomic mass is 9.95. The number of rotatable bonds is 6.